The number of aromatic nitrogens is 1. The van der Waals surface area contributed by atoms with Crippen molar-refractivity contribution >= 4 is 23.3 Å². The molecule has 0 bridgehead atoms. The SMILES string of the molecule is CCOc1ccc(Nc2ncccc2C(=O)OCC(=O)c2ccccc2)cc1. The van der Waals surface area contributed by atoms with Crippen LogP contribution >= 0.6 is 0 Å². The van der Waals surface area contributed by atoms with Crippen molar-refractivity contribution in [2.24, 2.45) is 0 Å². The number of benzene rings is 2. The van der Waals surface area contributed by atoms with Crippen LogP contribution in [-0.4, -0.2) is 30.0 Å². The number of hydrogen-bond donors (Lipinski definition) is 1. The van der Waals surface area contributed by atoms with E-state index >= 15 is 0 Å². The second-order valence-electron chi connectivity index (χ2n) is 5.85. The second kappa shape index (κ2) is 9.32. The van der Waals surface area contributed by atoms with Crippen LogP contribution in [0, 0.1) is 0 Å². The van der Waals surface area contributed by atoms with E-state index in [9.17, 15) is 9.59 Å². The Labute approximate surface area is 163 Å². The third-order valence-electron chi connectivity index (χ3n) is 3.89. The van der Waals surface area contributed by atoms with Gasteiger partial charge in [-0.15, -0.1) is 0 Å². The number of nitrogens with one attached hydrogen (secondary N) is 1. The van der Waals surface area contributed by atoms with Gasteiger partial charge in [-0.3, -0.25) is 4.79 Å². The molecule has 0 spiro atoms. The summed E-state index contributed by atoms with van der Waals surface area (Å²) in [6, 6.07) is 19.2. The van der Waals surface area contributed by atoms with Crippen LogP contribution in [0.3, 0.4) is 0 Å². The molecule has 1 N–H and O–H groups in total. The topological polar surface area (TPSA) is 77.5 Å². The first kappa shape index (κ1) is 19.1. The van der Waals surface area contributed by atoms with Crippen LogP contribution in [-0.2, 0) is 4.74 Å². The van der Waals surface area contributed by atoms with Gasteiger partial charge in [0, 0.05) is 17.4 Å². The average molecular weight is 376 g/mol. The Hall–Kier alpha value is -3.67. The van der Waals surface area contributed by atoms with E-state index in [0.717, 1.165) is 11.4 Å². The van der Waals surface area contributed by atoms with Crippen molar-refractivity contribution in [2.45, 2.75) is 6.92 Å². The summed E-state index contributed by atoms with van der Waals surface area (Å²) < 4.78 is 10.6. The maximum absolute atomic E-state index is 12.5. The van der Waals surface area contributed by atoms with Crippen LogP contribution in [0.15, 0.2) is 72.9 Å². The molecule has 6 heteroatoms. The van der Waals surface area contributed by atoms with Gasteiger partial charge in [0.15, 0.2) is 12.4 Å². The Balaban J connectivity index is 1.67. The molecule has 0 radical (unpaired) electrons. The van der Waals surface area contributed by atoms with Gasteiger partial charge in [-0.1, -0.05) is 30.3 Å². The van der Waals surface area contributed by atoms with Crippen molar-refractivity contribution in [3.05, 3.63) is 84.1 Å². The lowest BCUT2D eigenvalue weighted by molar-refractivity contribution is 0.0475. The van der Waals surface area contributed by atoms with Gasteiger partial charge in [-0.05, 0) is 43.3 Å². The van der Waals surface area contributed by atoms with Crippen molar-refractivity contribution in [2.75, 3.05) is 18.5 Å². The number of esters is 1. The molecule has 0 saturated heterocycles. The number of Topliss-reactive ketones (excluding diaryl/α,β-unsaturated/α-hetero) is 1. The predicted octanol–water partition coefficient (Wildman–Crippen LogP) is 4.26. The molecule has 142 valence electrons. The van der Waals surface area contributed by atoms with E-state index in [-0.39, 0.29) is 18.0 Å². The van der Waals surface area contributed by atoms with Crippen molar-refractivity contribution < 1.29 is 19.1 Å². The number of carbonyl (C=O) groups excluding carboxylic acids is 2. The Bertz CT molecular complexity index is 940. The fourth-order valence-corrected chi connectivity index (χ4v) is 2.52. The average Bonchev–Trinajstić information content (AvgIpc) is 2.74. The highest BCUT2D eigenvalue weighted by Gasteiger charge is 2.16. The molecule has 0 aliphatic heterocycles. The maximum Gasteiger partial charge on any atom is 0.342 e. The summed E-state index contributed by atoms with van der Waals surface area (Å²) in [6.07, 6.45) is 1.57. The van der Waals surface area contributed by atoms with E-state index in [2.05, 4.69) is 10.3 Å². The van der Waals surface area contributed by atoms with Crippen LogP contribution in [0.1, 0.15) is 27.6 Å². The monoisotopic (exact) mass is 376 g/mol. The van der Waals surface area contributed by atoms with Gasteiger partial charge in [0.2, 0.25) is 0 Å². The number of ether oxygens (including phenoxy) is 2. The summed E-state index contributed by atoms with van der Waals surface area (Å²) in [5.74, 6) is 0.224. The lowest BCUT2D eigenvalue weighted by Gasteiger charge is -2.11. The fraction of sp³-hybridized carbons (Fsp3) is 0.136. The number of nitrogens with zero attached hydrogens (tertiary/aromatic N) is 1. The van der Waals surface area contributed by atoms with Crippen LogP contribution in [0.25, 0.3) is 0 Å². The molecule has 0 aliphatic carbocycles. The Morgan fingerprint density at radius 2 is 1.71 bits per heavy atom. The molecule has 0 unspecified atom stereocenters. The lowest BCUT2D eigenvalue weighted by Crippen LogP contribution is -2.15. The highest BCUT2D eigenvalue weighted by atomic mass is 16.5. The normalized spacial score (nSPS) is 10.2. The highest BCUT2D eigenvalue weighted by Crippen LogP contribution is 2.22. The number of rotatable bonds is 8. The number of carbonyl (C=O) groups is 2. The summed E-state index contributed by atoms with van der Waals surface area (Å²) in [5, 5.41) is 3.09. The van der Waals surface area contributed by atoms with Gasteiger partial charge >= 0.3 is 5.97 Å². The molecule has 2 aromatic carbocycles. The Morgan fingerprint density at radius 1 is 0.964 bits per heavy atom. The minimum atomic E-state index is -0.620. The smallest absolute Gasteiger partial charge is 0.342 e. The van der Waals surface area contributed by atoms with Gasteiger partial charge in [-0.25, -0.2) is 9.78 Å². The van der Waals surface area contributed by atoms with Gasteiger partial charge in [-0.2, -0.15) is 0 Å². The first-order valence-electron chi connectivity index (χ1n) is 8.87. The third kappa shape index (κ3) is 4.94. The molecule has 1 heterocycles. The van der Waals surface area contributed by atoms with Crippen LogP contribution in [0.2, 0.25) is 0 Å². The second-order valence-corrected chi connectivity index (χ2v) is 5.85. The van der Waals surface area contributed by atoms with Crippen molar-refractivity contribution in [3.8, 4) is 5.75 Å². The maximum atomic E-state index is 12.5. The fourth-order valence-electron chi connectivity index (χ4n) is 2.52. The Morgan fingerprint density at radius 3 is 2.43 bits per heavy atom. The van der Waals surface area contributed by atoms with Crippen molar-refractivity contribution in [1.82, 2.24) is 4.98 Å². The van der Waals surface area contributed by atoms with E-state index < -0.39 is 5.97 Å². The van der Waals surface area contributed by atoms with Crippen LogP contribution in [0.4, 0.5) is 11.5 Å². The highest BCUT2D eigenvalue weighted by molar-refractivity contribution is 6.00. The van der Waals surface area contributed by atoms with E-state index in [1.165, 1.54) is 0 Å². The molecule has 0 amide bonds. The molecule has 3 rings (SSSR count). The van der Waals surface area contributed by atoms with Gasteiger partial charge in [0.05, 0.1) is 6.61 Å². The predicted molar refractivity (Wildman–Crippen MR) is 106 cm³/mol. The molecule has 0 atom stereocenters. The van der Waals surface area contributed by atoms with E-state index in [1.807, 2.05) is 37.3 Å². The number of hydrogen-bond acceptors (Lipinski definition) is 6. The minimum Gasteiger partial charge on any atom is -0.494 e. The summed E-state index contributed by atoms with van der Waals surface area (Å²) in [6.45, 7) is 2.17. The lowest BCUT2D eigenvalue weighted by atomic mass is 10.1. The molecule has 3 aromatic rings. The number of ketones is 1. The molecular weight excluding hydrogens is 356 g/mol. The largest absolute Gasteiger partial charge is 0.494 e. The minimum absolute atomic E-state index is 0.247. The number of pyridine rings is 1. The van der Waals surface area contributed by atoms with E-state index in [4.69, 9.17) is 9.47 Å². The molecule has 0 saturated carbocycles. The van der Waals surface area contributed by atoms with Crippen LogP contribution < -0.4 is 10.1 Å². The molecule has 0 fully saturated rings. The zero-order chi connectivity index (χ0) is 19.8. The van der Waals surface area contributed by atoms with Crippen molar-refractivity contribution in [3.63, 3.8) is 0 Å². The van der Waals surface area contributed by atoms with Gasteiger partial charge < -0.3 is 14.8 Å². The molecular formula is C22H20N2O4. The van der Waals surface area contributed by atoms with Gasteiger partial charge in [0.25, 0.3) is 0 Å². The summed E-state index contributed by atoms with van der Waals surface area (Å²) in [5.41, 5.74) is 1.49. The first-order chi connectivity index (χ1) is 13.7. The molecule has 0 aliphatic rings. The number of anilines is 2. The summed E-state index contributed by atoms with van der Waals surface area (Å²) in [7, 11) is 0. The van der Waals surface area contributed by atoms with Crippen LogP contribution in [0.5, 0.6) is 5.75 Å². The first-order valence-corrected chi connectivity index (χ1v) is 8.87. The van der Waals surface area contributed by atoms with E-state index in [0.29, 0.717) is 18.0 Å². The van der Waals surface area contributed by atoms with Gasteiger partial charge in [0.1, 0.15) is 17.1 Å². The quantitative estimate of drug-likeness (QED) is 0.467. The molecule has 6 nitrogen and oxygen atoms in total. The summed E-state index contributed by atoms with van der Waals surface area (Å²) in [4.78, 5) is 28.8. The molecule has 28 heavy (non-hydrogen) atoms. The zero-order valence-corrected chi connectivity index (χ0v) is 15.4. The zero-order valence-electron chi connectivity index (χ0n) is 15.4. The summed E-state index contributed by atoms with van der Waals surface area (Å²) >= 11 is 0. The van der Waals surface area contributed by atoms with Crippen molar-refractivity contribution in [1.29, 1.82) is 0 Å². The Kier molecular flexibility index (Phi) is 6.36. The standard InChI is InChI=1S/C22H20N2O4/c1-2-27-18-12-10-17(11-13-18)24-21-19(9-6-14-23-21)22(26)28-15-20(25)16-7-4-3-5-8-16/h3-14H,2,15H2,1H3,(H,23,24). The third-order valence-corrected chi connectivity index (χ3v) is 3.89. The van der Waals surface area contributed by atoms with E-state index in [1.54, 1.807) is 42.6 Å². The molecule has 1 aromatic heterocycles.